The number of ether oxygens (including phenoxy) is 3. The Hall–Kier alpha value is -7.39. The van der Waals surface area contributed by atoms with Crippen LogP contribution < -0.4 is 16.4 Å². The second-order valence-corrected chi connectivity index (χ2v) is 19.4. The minimum absolute atomic E-state index is 0. The molecule has 414 valence electrons. The van der Waals surface area contributed by atoms with Crippen molar-refractivity contribution in [1.82, 2.24) is 5.23 Å². The average molecular weight is 1070 g/mol. The van der Waals surface area contributed by atoms with Crippen molar-refractivity contribution in [3.8, 4) is 12.5 Å². The maximum atomic E-state index is 12.0. The molecule has 2 saturated heterocycles. The van der Waals surface area contributed by atoms with Gasteiger partial charge >= 0.3 is 58.0 Å². The molecule has 1 amide bonds. The first-order valence-electron chi connectivity index (χ1n) is 24.0. The van der Waals surface area contributed by atoms with Crippen LogP contribution in [0.1, 0.15) is 125 Å². The molecule has 25 heteroatoms. The average Bonchev–Trinajstić information content (AvgIpc) is 3.89. The predicted octanol–water partition coefficient (Wildman–Crippen LogP) is 4.65. The van der Waals surface area contributed by atoms with Crippen LogP contribution in [0.2, 0.25) is 18.5 Å². The monoisotopic (exact) mass is 1070 g/mol. The Kier molecular flexibility index (Phi) is 34.0. The van der Waals surface area contributed by atoms with E-state index in [-0.39, 0.29) is 76.1 Å². The molecule has 3 aromatic carbocycles. The van der Waals surface area contributed by atoms with E-state index in [9.17, 15) is 38.6 Å². The lowest BCUT2D eigenvalue weighted by Crippen LogP contribution is -2.47. The third-order valence-electron chi connectivity index (χ3n) is 10.8. The van der Waals surface area contributed by atoms with Crippen molar-refractivity contribution in [1.29, 1.82) is 10.5 Å². The van der Waals surface area contributed by atoms with E-state index in [0.29, 0.717) is 29.4 Å². The van der Waals surface area contributed by atoms with Crippen LogP contribution in [0, 0.1) is 54.6 Å². The molecule has 6 N–H and O–H groups in total. The molecule has 3 aromatic rings. The smallest absolute Gasteiger partial charge is 0.488 e. The van der Waals surface area contributed by atoms with Crippen molar-refractivity contribution in [3.05, 3.63) is 101 Å². The molecule has 5 rings (SSSR count). The van der Waals surface area contributed by atoms with E-state index in [1.165, 1.54) is 6.82 Å². The van der Waals surface area contributed by atoms with Crippen LogP contribution in [0.25, 0.3) is 0 Å². The summed E-state index contributed by atoms with van der Waals surface area (Å²) < 4.78 is 23.7. The molecule has 0 saturated carbocycles. The molecular weight excluding hydrogens is 996 g/mol. The zero-order chi connectivity index (χ0) is 58.3. The number of primary amides is 1. The fourth-order valence-corrected chi connectivity index (χ4v) is 6.24. The molecule has 2 unspecified atom stereocenters. The van der Waals surface area contributed by atoms with Gasteiger partial charge in [0.1, 0.15) is 13.0 Å². The third-order valence-corrected chi connectivity index (χ3v) is 10.8. The summed E-state index contributed by atoms with van der Waals surface area (Å²) in [5.74, 6) is -3.05. The Morgan fingerprint density at radius 3 is 1.42 bits per heavy atom. The van der Waals surface area contributed by atoms with Gasteiger partial charge in [-0.15, -0.1) is 0 Å². The van der Waals surface area contributed by atoms with Crippen molar-refractivity contribution in [2.45, 2.75) is 133 Å². The van der Waals surface area contributed by atoms with Gasteiger partial charge in [-0.3, -0.25) is 33.6 Å². The first-order valence-corrected chi connectivity index (χ1v) is 24.0. The third kappa shape index (κ3) is 28.9. The van der Waals surface area contributed by atoms with Gasteiger partial charge in [-0.05, 0) is 93.9 Å². The number of benzene rings is 3. The number of nitrogens with two attached hydrogens (primary N) is 1. The van der Waals surface area contributed by atoms with Gasteiger partial charge in [-0.2, -0.15) is 20.1 Å². The molecule has 21 nitrogen and oxygen atoms in total. The number of nitrogens with zero attached hydrogens (tertiary/aromatic N) is 2. The second-order valence-electron chi connectivity index (χ2n) is 19.4. The fourth-order valence-electron chi connectivity index (χ4n) is 6.24. The molecule has 2 heterocycles. The lowest BCUT2D eigenvalue weighted by atomic mass is 9.57. The van der Waals surface area contributed by atoms with Crippen LogP contribution in [0.3, 0.4) is 0 Å². The van der Waals surface area contributed by atoms with Crippen LogP contribution in [0.5, 0.6) is 0 Å². The Morgan fingerprint density at radius 2 is 1.08 bits per heavy atom. The van der Waals surface area contributed by atoms with Gasteiger partial charge < -0.3 is 49.6 Å². The highest BCUT2D eigenvalue weighted by Gasteiger charge is 2.44. The minimum Gasteiger partial charge on any atom is -0.493 e. The van der Waals surface area contributed by atoms with E-state index in [1.54, 1.807) is 90.5 Å². The zero-order valence-electron chi connectivity index (χ0n) is 44.9. The number of ketones is 2. The SMILES string of the molecule is C.CB(O)N[C@@H](CCC(=O)c1ccc(C)cc1)C(N)=O.CC(C)(C)C(=O)OC(=O)C(C)(C)C.CCC1B(OC#N)COC1=O.Cc1ccc(B(O)O)cc1.Cc1ccc(C(=O)CCC2B(OC#N)COC2=O)cc1.O=C=O. The summed E-state index contributed by atoms with van der Waals surface area (Å²) in [4.78, 5) is 96.3. The van der Waals surface area contributed by atoms with E-state index in [2.05, 4.69) is 9.88 Å². The Labute approximate surface area is 453 Å². The summed E-state index contributed by atoms with van der Waals surface area (Å²) in [5, 5.41) is 45.8. The number of esters is 4. The van der Waals surface area contributed by atoms with Crippen LogP contribution in [-0.2, 0) is 57.1 Å². The highest BCUT2D eigenvalue weighted by molar-refractivity contribution is 6.61. The van der Waals surface area contributed by atoms with Gasteiger partial charge in [-0.25, -0.2) is 0 Å². The highest BCUT2D eigenvalue weighted by atomic mass is 16.6. The van der Waals surface area contributed by atoms with Crippen molar-refractivity contribution in [3.63, 3.8) is 0 Å². The second kappa shape index (κ2) is 36.6. The summed E-state index contributed by atoms with van der Waals surface area (Å²) in [6.45, 7) is 18.9. The van der Waals surface area contributed by atoms with Crippen LogP contribution >= 0.6 is 0 Å². The van der Waals surface area contributed by atoms with Crippen LogP contribution in [-0.4, -0.2) is 110 Å². The quantitative estimate of drug-likeness (QED) is 0.0345. The number of carbonyl (C=O) groups is 7. The van der Waals surface area contributed by atoms with Gasteiger partial charge in [0, 0.05) is 24.0 Å². The van der Waals surface area contributed by atoms with E-state index in [4.69, 9.17) is 54.8 Å². The minimum atomic E-state index is -1.35. The Balaban J connectivity index is 0. The molecule has 0 radical (unpaired) electrons. The molecule has 0 aliphatic carbocycles. The Bertz CT molecular complexity index is 2440. The fraction of sp³-hybridized carbons (Fsp3) is 0.462. The molecular formula is C52H72B4N4O17. The molecule has 0 bridgehead atoms. The number of rotatable bonds is 15. The van der Waals surface area contributed by atoms with Crippen molar-refractivity contribution < 1.29 is 81.7 Å². The number of amides is 1. The van der Waals surface area contributed by atoms with Gasteiger partial charge in [0.25, 0.3) is 12.5 Å². The van der Waals surface area contributed by atoms with E-state index < -0.39 is 67.6 Å². The maximum Gasteiger partial charge on any atom is 0.488 e. The zero-order valence-corrected chi connectivity index (χ0v) is 44.9. The Morgan fingerprint density at radius 1 is 0.714 bits per heavy atom. The molecule has 2 aliphatic heterocycles. The number of nitriles is 2. The van der Waals surface area contributed by atoms with Crippen LogP contribution in [0.4, 0.5) is 0 Å². The number of carbonyl (C=O) groups excluding carboxylic acids is 9. The van der Waals surface area contributed by atoms with Crippen molar-refractivity contribution in [2.75, 3.05) is 13.0 Å². The number of Topliss-reactive ketones (excluding diaryl/α,β-unsaturated/α-hetero) is 2. The van der Waals surface area contributed by atoms with E-state index in [1.807, 2.05) is 64.1 Å². The first kappa shape index (κ1) is 71.7. The molecule has 2 aliphatic rings. The highest BCUT2D eigenvalue weighted by Crippen LogP contribution is 2.27. The molecule has 3 atom stereocenters. The van der Waals surface area contributed by atoms with E-state index in [0.717, 1.165) is 16.7 Å². The topological polar surface area (TPSA) is 346 Å². The normalized spacial score (nSPS) is 14.2. The first-order chi connectivity index (χ1) is 35.5. The standard InChI is InChI=1S/C14H14BNO4.C13H19BN2O3.C10H18O3.C7H9BO2.C6H8BNO3.CO2.CH4/c1-10-2-4-11(5-3-10)13(17)7-6-12-14(18)19-8-15(12)20-9-16;1-9-3-5-10(6-4-9)12(17)8-7-11(13(15)18)16-14(2)19;1-9(2,3)7(11)13-8(12)10(4,5)6;1-6-2-4-7(5-3-6)8(9)10;1-2-5-6(9)10-3-7(5)11-4-8;2-1-3;/h2-5,12H,6-8H2,1H3;3-6,11,16,19H,7-8H2,1-2H3,(H2,15,18);1-6H3;2-5,9-10H,1H3;5H,2-3H2,1H3;;1H4/t;11-;;;;;/m.0...../s1. The summed E-state index contributed by atoms with van der Waals surface area (Å²) >= 11 is 0. The van der Waals surface area contributed by atoms with Crippen molar-refractivity contribution >= 4 is 81.0 Å². The van der Waals surface area contributed by atoms with Gasteiger partial charge in [-0.1, -0.05) is 104 Å². The summed E-state index contributed by atoms with van der Waals surface area (Å²) in [6, 6.07) is 20.9. The molecule has 0 spiro atoms. The number of hydrogen-bond donors (Lipinski definition) is 5. The molecule has 2 fully saturated rings. The lowest BCUT2D eigenvalue weighted by Gasteiger charge is -2.20. The summed E-state index contributed by atoms with van der Waals surface area (Å²) in [7, 11) is -2.19. The summed E-state index contributed by atoms with van der Waals surface area (Å²) in [5.41, 5.74) is 9.02. The molecule has 0 aromatic heterocycles. The maximum absolute atomic E-state index is 12.0. The number of aryl methyl sites for hydroxylation is 3. The lowest BCUT2D eigenvalue weighted by molar-refractivity contribution is -0.192. The predicted molar refractivity (Wildman–Crippen MR) is 287 cm³/mol. The van der Waals surface area contributed by atoms with E-state index >= 15 is 0 Å². The number of hydrogen-bond acceptors (Lipinski definition) is 20. The summed E-state index contributed by atoms with van der Waals surface area (Å²) in [6.07, 6.45) is 5.08. The van der Waals surface area contributed by atoms with Gasteiger partial charge in [0.15, 0.2) is 11.6 Å². The largest absolute Gasteiger partial charge is 0.493 e. The van der Waals surface area contributed by atoms with Crippen LogP contribution in [0.15, 0.2) is 72.8 Å². The van der Waals surface area contributed by atoms with Gasteiger partial charge in [0.2, 0.25) is 5.91 Å². The number of nitrogens with one attached hydrogen (secondary N) is 1. The number of cyclic esters (lactones) is 2. The van der Waals surface area contributed by atoms with Crippen molar-refractivity contribution in [2.24, 2.45) is 16.6 Å². The molecule has 77 heavy (non-hydrogen) atoms. The van der Waals surface area contributed by atoms with Gasteiger partial charge in [0.05, 0.1) is 28.5 Å².